The largest absolute Gasteiger partial charge is 0.508 e. The summed E-state index contributed by atoms with van der Waals surface area (Å²) in [7, 11) is 1.46. The normalized spacial score (nSPS) is 12.2. The molecule has 0 spiro atoms. The molecule has 1 atom stereocenters. The second-order valence-corrected chi connectivity index (χ2v) is 4.01. The van der Waals surface area contributed by atoms with E-state index >= 15 is 0 Å². The van der Waals surface area contributed by atoms with Crippen molar-refractivity contribution in [3.8, 4) is 5.75 Å². The average Bonchev–Trinajstić information content (AvgIpc) is 2.36. The van der Waals surface area contributed by atoms with Crippen molar-refractivity contribution in [2.24, 2.45) is 5.73 Å². The number of amides is 1. The smallest absolute Gasteiger partial charge is 0.257 e. The predicted octanol–water partition coefficient (Wildman–Crippen LogP) is 1.03. The number of rotatable bonds is 5. The number of carbonyl (C=O) groups is 1. The van der Waals surface area contributed by atoms with Crippen LogP contribution in [-0.2, 0) is 9.53 Å². The summed E-state index contributed by atoms with van der Waals surface area (Å²) in [5.74, 6) is -0.0697. The lowest BCUT2D eigenvalue weighted by atomic mass is 10.1. The Morgan fingerprint density at radius 1 is 1.56 bits per heavy atom. The molecule has 0 aliphatic carbocycles. The van der Waals surface area contributed by atoms with Gasteiger partial charge in [0, 0.05) is 26.3 Å². The van der Waals surface area contributed by atoms with Crippen LogP contribution in [0, 0.1) is 6.92 Å². The summed E-state index contributed by atoms with van der Waals surface area (Å²) in [4.78, 5) is 13.8. The number of nitrogens with zero attached hydrogens (tertiary/aromatic N) is 1. The van der Waals surface area contributed by atoms with Crippen molar-refractivity contribution in [2.45, 2.75) is 20.0 Å². The van der Waals surface area contributed by atoms with Crippen molar-refractivity contribution in [3.63, 3.8) is 0 Å². The van der Waals surface area contributed by atoms with E-state index in [4.69, 9.17) is 10.5 Å². The van der Waals surface area contributed by atoms with E-state index in [0.29, 0.717) is 12.2 Å². The SMILES string of the molecule is CCN(C(=O)C(CN)OC)c1cc(O)ccc1C. The van der Waals surface area contributed by atoms with Crippen LogP contribution in [0.25, 0.3) is 0 Å². The third-order valence-electron chi connectivity index (χ3n) is 2.84. The molecular formula is C13H20N2O3. The molecule has 0 aliphatic rings. The third kappa shape index (κ3) is 3.00. The van der Waals surface area contributed by atoms with Crippen LogP contribution < -0.4 is 10.6 Å². The monoisotopic (exact) mass is 252 g/mol. The van der Waals surface area contributed by atoms with Gasteiger partial charge in [0.1, 0.15) is 11.9 Å². The molecule has 0 radical (unpaired) electrons. The molecule has 5 nitrogen and oxygen atoms in total. The van der Waals surface area contributed by atoms with Gasteiger partial charge in [-0.3, -0.25) is 4.79 Å². The van der Waals surface area contributed by atoms with E-state index in [2.05, 4.69) is 0 Å². The van der Waals surface area contributed by atoms with Crippen LogP contribution in [0.2, 0.25) is 0 Å². The summed E-state index contributed by atoms with van der Waals surface area (Å²) in [6, 6.07) is 4.93. The third-order valence-corrected chi connectivity index (χ3v) is 2.84. The second-order valence-electron chi connectivity index (χ2n) is 4.01. The zero-order chi connectivity index (χ0) is 13.7. The van der Waals surface area contributed by atoms with E-state index in [1.54, 1.807) is 23.1 Å². The number of ether oxygens (including phenoxy) is 1. The number of phenolic OH excluding ortho intramolecular Hbond substituents is 1. The molecule has 1 rings (SSSR count). The van der Waals surface area contributed by atoms with Gasteiger partial charge in [0.25, 0.3) is 5.91 Å². The van der Waals surface area contributed by atoms with Crippen LogP contribution in [0.1, 0.15) is 12.5 Å². The van der Waals surface area contributed by atoms with Gasteiger partial charge in [0.2, 0.25) is 0 Å². The molecule has 0 saturated carbocycles. The topological polar surface area (TPSA) is 75.8 Å². The molecule has 0 fully saturated rings. The van der Waals surface area contributed by atoms with E-state index in [0.717, 1.165) is 5.56 Å². The molecule has 1 amide bonds. The Morgan fingerprint density at radius 3 is 2.72 bits per heavy atom. The highest BCUT2D eigenvalue weighted by molar-refractivity contribution is 5.97. The van der Waals surface area contributed by atoms with Gasteiger partial charge in [-0.15, -0.1) is 0 Å². The van der Waals surface area contributed by atoms with Crippen molar-refractivity contribution >= 4 is 11.6 Å². The molecule has 0 aromatic heterocycles. The number of carbonyl (C=O) groups excluding carboxylic acids is 1. The number of likely N-dealkylation sites (N-methyl/N-ethyl adjacent to an activating group) is 1. The van der Waals surface area contributed by atoms with Crippen molar-refractivity contribution in [1.82, 2.24) is 0 Å². The fraction of sp³-hybridized carbons (Fsp3) is 0.462. The fourth-order valence-corrected chi connectivity index (χ4v) is 1.81. The number of hydrogen-bond acceptors (Lipinski definition) is 4. The minimum absolute atomic E-state index is 0.128. The molecule has 1 aromatic rings. The average molecular weight is 252 g/mol. The van der Waals surface area contributed by atoms with E-state index in [9.17, 15) is 9.90 Å². The first-order valence-electron chi connectivity index (χ1n) is 5.89. The summed E-state index contributed by atoms with van der Waals surface area (Å²) < 4.78 is 5.06. The number of methoxy groups -OCH3 is 1. The molecule has 5 heteroatoms. The number of aromatic hydroxyl groups is 1. The van der Waals surface area contributed by atoms with Gasteiger partial charge in [-0.05, 0) is 25.5 Å². The van der Waals surface area contributed by atoms with Crippen LogP contribution in [0.15, 0.2) is 18.2 Å². The van der Waals surface area contributed by atoms with Gasteiger partial charge in [-0.2, -0.15) is 0 Å². The highest BCUT2D eigenvalue weighted by Crippen LogP contribution is 2.25. The summed E-state index contributed by atoms with van der Waals surface area (Å²) >= 11 is 0. The maximum Gasteiger partial charge on any atom is 0.257 e. The van der Waals surface area contributed by atoms with Gasteiger partial charge >= 0.3 is 0 Å². The highest BCUT2D eigenvalue weighted by Gasteiger charge is 2.24. The summed E-state index contributed by atoms with van der Waals surface area (Å²) in [6.45, 7) is 4.37. The minimum atomic E-state index is -0.660. The van der Waals surface area contributed by atoms with Crippen molar-refractivity contribution < 1.29 is 14.6 Å². The first-order chi connectivity index (χ1) is 8.54. The maximum atomic E-state index is 12.2. The lowest BCUT2D eigenvalue weighted by molar-refractivity contribution is -0.127. The molecule has 0 saturated heterocycles. The Labute approximate surface area is 107 Å². The molecule has 100 valence electrons. The molecule has 1 unspecified atom stereocenters. The van der Waals surface area contributed by atoms with Crippen LogP contribution in [0.4, 0.5) is 5.69 Å². The second kappa shape index (κ2) is 6.37. The summed E-state index contributed by atoms with van der Waals surface area (Å²) in [6.07, 6.45) is -0.660. The predicted molar refractivity (Wildman–Crippen MR) is 70.7 cm³/mol. The zero-order valence-corrected chi connectivity index (χ0v) is 11.0. The van der Waals surface area contributed by atoms with Gasteiger partial charge in [-0.25, -0.2) is 0 Å². The van der Waals surface area contributed by atoms with Crippen LogP contribution in [0.3, 0.4) is 0 Å². The Bertz CT molecular complexity index is 417. The van der Waals surface area contributed by atoms with E-state index in [1.807, 2.05) is 13.8 Å². The molecule has 0 aliphatic heterocycles. The first kappa shape index (κ1) is 14.5. The Hall–Kier alpha value is -1.59. The van der Waals surface area contributed by atoms with Gasteiger partial charge < -0.3 is 20.5 Å². The number of phenols is 1. The van der Waals surface area contributed by atoms with Crippen molar-refractivity contribution in [3.05, 3.63) is 23.8 Å². The minimum Gasteiger partial charge on any atom is -0.508 e. The molecule has 18 heavy (non-hydrogen) atoms. The van der Waals surface area contributed by atoms with Gasteiger partial charge in [0.15, 0.2) is 0 Å². The molecule has 0 bridgehead atoms. The van der Waals surface area contributed by atoms with Crippen LogP contribution in [0.5, 0.6) is 5.75 Å². The Kier molecular flexibility index (Phi) is 5.12. The Balaban J connectivity index is 3.09. The van der Waals surface area contributed by atoms with E-state index < -0.39 is 6.10 Å². The van der Waals surface area contributed by atoms with E-state index in [-0.39, 0.29) is 18.2 Å². The quantitative estimate of drug-likeness (QED) is 0.820. The van der Waals surface area contributed by atoms with Gasteiger partial charge in [0.05, 0.1) is 5.69 Å². The number of benzene rings is 1. The number of aryl methyl sites for hydroxylation is 1. The Morgan fingerprint density at radius 2 is 2.22 bits per heavy atom. The number of anilines is 1. The molecular weight excluding hydrogens is 232 g/mol. The van der Waals surface area contributed by atoms with Crippen LogP contribution in [-0.4, -0.2) is 37.3 Å². The fourth-order valence-electron chi connectivity index (χ4n) is 1.81. The van der Waals surface area contributed by atoms with E-state index in [1.165, 1.54) is 7.11 Å². The summed E-state index contributed by atoms with van der Waals surface area (Å²) in [5.41, 5.74) is 7.09. The highest BCUT2D eigenvalue weighted by atomic mass is 16.5. The molecule has 0 heterocycles. The van der Waals surface area contributed by atoms with Crippen LogP contribution >= 0.6 is 0 Å². The van der Waals surface area contributed by atoms with Gasteiger partial charge in [-0.1, -0.05) is 6.07 Å². The molecule has 3 N–H and O–H groups in total. The lowest BCUT2D eigenvalue weighted by Gasteiger charge is -2.26. The lowest BCUT2D eigenvalue weighted by Crippen LogP contribution is -2.44. The number of hydrogen-bond donors (Lipinski definition) is 2. The van der Waals surface area contributed by atoms with Crippen molar-refractivity contribution in [1.29, 1.82) is 0 Å². The zero-order valence-electron chi connectivity index (χ0n) is 11.0. The standard InChI is InChI=1S/C13H20N2O3/c1-4-15(13(17)12(8-14)18-3)11-7-10(16)6-5-9(11)2/h5-7,12,16H,4,8,14H2,1-3H3. The maximum absolute atomic E-state index is 12.2. The first-order valence-corrected chi connectivity index (χ1v) is 5.89. The number of nitrogens with two attached hydrogens (primary N) is 1. The van der Waals surface area contributed by atoms with Crippen molar-refractivity contribution in [2.75, 3.05) is 25.1 Å². The summed E-state index contributed by atoms with van der Waals surface area (Å²) in [5, 5.41) is 9.52. The molecule has 1 aromatic carbocycles.